The highest BCUT2D eigenvalue weighted by molar-refractivity contribution is 5.93. The molecule has 1 N–H and O–H groups in total. The number of hydrogen-bond acceptors (Lipinski definition) is 6. The maximum absolute atomic E-state index is 14.6. The summed E-state index contributed by atoms with van der Waals surface area (Å²) in [5, 5.41) is 5.13. The van der Waals surface area contributed by atoms with E-state index in [4.69, 9.17) is 14.2 Å². The molecule has 4 atom stereocenters. The molecule has 0 unspecified atom stereocenters. The lowest BCUT2D eigenvalue weighted by Gasteiger charge is -2.53. The summed E-state index contributed by atoms with van der Waals surface area (Å²) in [6, 6.07) is 21.9. The lowest BCUT2D eigenvalue weighted by Crippen LogP contribution is -2.61. The van der Waals surface area contributed by atoms with Gasteiger partial charge in [-0.3, -0.25) is 14.4 Å². The van der Waals surface area contributed by atoms with Crippen LogP contribution in [0.3, 0.4) is 0 Å². The van der Waals surface area contributed by atoms with Crippen LogP contribution in [-0.2, 0) is 36.8 Å². The van der Waals surface area contributed by atoms with Gasteiger partial charge in [-0.1, -0.05) is 74.5 Å². The van der Waals surface area contributed by atoms with Crippen molar-refractivity contribution in [2.24, 2.45) is 23.2 Å². The molecule has 2 aliphatic heterocycles. The van der Waals surface area contributed by atoms with Crippen LogP contribution in [0.15, 0.2) is 78.5 Å². The van der Waals surface area contributed by atoms with Crippen LogP contribution in [0.1, 0.15) is 50.7 Å². The lowest BCUT2D eigenvalue weighted by molar-refractivity contribution is -0.182. The second-order valence-corrected chi connectivity index (χ2v) is 13.2. The van der Waals surface area contributed by atoms with Crippen molar-refractivity contribution in [1.82, 2.24) is 10.2 Å². The Kier molecular flexibility index (Phi) is 9.18. The fraction of sp³-hybridized carbons (Fsp3) is 0.447. The number of rotatable bonds is 11. The van der Waals surface area contributed by atoms with E-state index in [-0.39, 0.29) is 49.1 Å². The number of carbonyl (C=O) groups excluding carboxylic acids is 3. The predicted molar refractivity (Wildman–Crippen MR) is 176 cm³/mol. The molecule has 2 heterocycles. The number of fused-ring (bicyclic) bond motifs is 2. The summed E-state index contributed by atoms with van der Waals surface area (Å²) in [5.74, 6) is -0.417. The topological polar surface area (TPSA) is 94.2 Å². The number of methoxy groups -OCH3 is 2. The first-order valence-corrected chi connectivity index (χ1v) is 16.4. The van der Waals surface area contributed by atoms with E-state index in [0.29, 0.717) is 18.7 Å². The first kappa shape index (κ1) is 31.8. The van der Waals surface area contributed by atoms with Crippen molar-refractivity contribution in [3.05, 3.63) is 89.6 Å². The van der Waals surface area contributed by atoms with Crippen LogP contribution in [-0.4, -0.2) is 55.7 Å². The summed E-state index contributed by atoms with van der Waals surface area (Å²) in [4.78, 5) is 43.8. The molecular formula is C38H44N2O6. The third kappa shape index (κ3) is 6.03. The van der Waals surface area contributed by atoms with Crippen LogP contribution in [0.5, 0.6) is 5.75 Å². The van der Waals surface area contributed by atoms with Crippen LogP contribution in [0.2, 0.25) is 0 Å². The van der Waals surface area contributed by atoms with Crippen molar-refractivity contribution in [2.75, 3.05) is 20.8 Å². The number of para-hydroxylation sites is 1. The standard InChI is InChI=1S/C38H44N2O6/c1-24(2)32-21-33-38(37(43)45-4,35(46-32)27-16-17-27)22-29(20-34(41)39-19-18-26-11-6-8-15-31(26)44-3)36(42)40(33)23-28-13-9-12-25-10-5-7-14-30(25)28/h5-15,21,24,27,29,32,35H,16-20,22-23H2,1-4H3,(H,39,41)/t29-,32+,35+,38+/m0/s1. The fourth-order valence-electron chi connectivity index (χ4n) is 7.35. The van der Waals surface area contributed by atoms with Crippen molar-refractivity contribution in [3.63, 3.8) is 0 Å². The Bertz CT molecular complexity index is 1640. The molecular weight excluding hydrogens is 580 g/mol. The van der Waals surface area contributed by atoms with Crippen molar-refractivity contribution in [1.29, 1.82) is 0 Å². The summed E-state index contributed by atoms with van der Waals surface area (Å²) >= 11 is 0. The number of nitrogens with zero attached hydrogens (tertiary/aromatic N) is 1. The number of carbonyl (C=O) groups is 3. The van der Waals surface area contributed by atoms with E-state index in [1.54, 1.807) is 12.0 Å². The monoisotopic (exact) mass is 624 g/mol. The number of amides is 2. The quantitative estimate of drug-likeness (QED) is 0.270. The normalized spacial score (nSPS) is 24.4. The molecule has 0 aromatic heterocycles. The van der Waals surface area contributed by atoms with Gasteiger partial charge in [-0.15, -0.1) is 0 Å². The Balaban J connectivity index is 1.35. The average molecular weight is 625 g/mol. The first-order valence-electron chi connectivity index (χ1n) is 16.4. The first-order chi connectivity index (χ1) is 22.3. The van der Waals surface area contributed by atoms with Crippen molar-refractivity contribution in [3.8, 4) is 5.75 Å². The molecule has 2 amide bonds. The van der Waals surface area contributed by atoms with Gasteiger partial charge in [-0.2, -0.15) is 0 Å². The number of piperidine rings is 1. The van der Waals surface area contributed by atoms with Crippen LogP contribution in [0.4, 0.5) is 0 Å². The molecule has 242 valence electrons. The van der Waals surface area contributed by atoms with Crippen LogP contribution in [0, 0.1) is 23.2 Å². The Morgan fingerprint density at radius 3 is 2.46 bits per heavy atom. The van der Waals surface area contributed by atoms with Crippen molar-refractivity contribution < 1.29 is 28.6 Å². The van der Waals surface area contributed by atoms with Gasteiger partial charge in [0, 0.05) is 24.6 Å². The van der Waals surface area contributed by atoms with Crippen LogP contribution in [0.25, 0.3) is 10.8 Å². The van der Waals surface area contributed by atoms with Gasteiger partial charge in [0.25, 0.3) is 0 Å². The summed E-state index contributed by atoms with van der Waals surface area (Å²) < 4.78 is 17.7. The van der Waals surface area contributed by atoms with Gasteiger partial charge in [0.05, 0.1) is 33.0 Å². The zero-order valence-corrected chi connectivity index (χ0v) is 27.2. The second-order valence-electron chi connectivity index (χ2n) is 13.2. The molecule has 46 heavy (non-hydrogen) atoms. The van der Waals surface area contributed by atoms with Crippen LogP contribution >= 0.6 is 0 Å². The molecule has 1 saturated carbocycles. The summed E-state index contributed by atoms with van der Waals surface area (Å²) in [6.45, 7) is 4.86. The molecule has 3 aromatic rings. The SMILES string of the molecule is COC(=O)[C@]12C[C@H](CC(=O)NCCc3ccccc3OC)C(=O)N(Cc3cccc4ccccc34)C1=C[C@H](C(C)C)O[C@@H]2C1CC1. The van der Waals surface area contributed by atoms with E-state index < -0.39 is 23.4 Å². The molecule has 0 spiro atoms. The minimum absolute atomic E-state index is 0.0339. The highest BCUT2D eigenvalue weighted by Crippen LogP contribution is 2.56. The summed E-state index contributed by atoms with van der Waals surface area (Å²) in [6.07, 6.45) is 3.92. The number of ether oxygens (including phenoxy) is 3. The third-order valence-electron chi connectivity index (χ3n) is 9.85. The van der Waals surface area contributed by atoms with E-state index >= 15 is 0 Å². The minimum atomic E-state index is -1.19. The van der Waals surface area contributed by atoms with E-state index in [0.717, 1.165) is 40.5 Å². The number of hydrogen-bond donors (Lipinski definition) is 1. The van der Waals surface area contributed by atoms with E-state index in [1.807, 2.05) is 54.6 Å². The predicted octanol–water partition coefficient (Wildman–Crippen LogP) is 5.82. The Morgan fingerprint density at radius 2 is 1.72 bits per heavy atom. The van der Waals surface area contributed by atoms with Gasteiger partial charge < -0.3 is 24.4 Å². The number of benzene rings is 3. The number of esters is 1. The zero-order valence-electron chi connectivity index (χ0n) is 27.2. The summed E-state index contributed by atoms with van der Waals surface area (Å²) in [7, 11) is 3.03. The molecule has 3 aromatic carbocycles. The molecule has 0 bridgehead atoms. The average Bonchev–Trinajstić information content (AvgIpc) is 3.91. The van der Waals surface area contributed by atoms with Gasteiger partial charge in [-0.05, 0) is 71.6 Å². The van der Waals surface area contributed by atoms with E-state index in [2.05, 4.69) is 37.4 Å². The van der Waals surface area contributed by atoms with Crippen LogP contribution < -0.4 is 10.1 Å². The Labute approximate surface area is 271 Å². The summed E-state index contributed by atoms with van der Waals surface area (Å²) in [5.41, 5.74) is 1.43. The molecule has 1 aliphatic carbocycles. The minimum Gasteiger partial charge on any atom is -0.496 e. The molecule has 8 nitrogen and oxygen atoms in total. The molecule has 8 heteroatoms. The van der Waals surface area contributed by atoms with Gasteiger partial charge in [0.15, 0.2) is 0 Å². The molecule has 3 aliphatic rings. The maximum Gasteiger partial charge on any atom is 0.320 e. The van der Waals surface area contributed by atoms with Gasteiger partial charge in [-0.25, -0.2) is 0 Å². The highest BCUT2D eigenvalue weighted by atomic mass is 16.5. The van der Waals surface area contributed by atoms with E-state index in [1.165, 1.54) is 7.11 Å². The molecule has 2 fully saturated rings. The van der Waals surface area contributed by atoms with Crippen molar-refractivity contribution in [2.45, 2.75) is 64.7 Å². The van der Waals surface area contributed by atoms with Gasteiger partial charge >= 0.3 is 5.97 Å². The van der Waals surface area contributed by atoms with Gasteiger partial charge in [0.2, 0.25) is 11.8 Å². The zero-order chi connectivity index (χ0) is 32.4. The second kappa shape index (κ2) is 13.3. The number of likely N-dealkylation sites (tertiary alicyclic amines) is 1. The lowest BCUT2D eigenvalue weighted by atomic mass is 9.64. The van der Waals surface area contributed by atoms with E-state index in [9.17, 15) is 14.4 Å². The molecule has 1 saturated heterocycles. The third-order valence-corrected chi connectivity index (χ3v) is 9.85. The Hall–Kier alpha value is -4.17. The fourth-order valence-corrected chi connectivity index (χ4v) is 7.35. The highest BCUT2D eigenvalue weighted by Gasteiger charge is 2.63. The Morgan fingerprint density at radius 1 is 1.00 bits per heavy atom. The maximum atomic E-state index is 14.6. The molecule has 0 radical (unpaired) electrons. The van der Waals surface area contributed by atoms with Gasteiger partial charge in [0.1, 0.15) is 11.2 Å². The van der Waals surface area contributed by atoms with Crippen molar-refractivity contribution >= 4 is 28.6 Å². The largest absolute Gasteiger partial charge is 0.496 e. The smallest absolute Gasteiger partial charge is 0.320 e. The number of nitrogens with one attached hydrogen (secondary N) is 1. The molecule has 6 rings (SSSR count).